The van der Waals surface area contributed by atoms with E-state index in [1.54, 1.807) is 0 Å². The first-order valence-electron chi connectivity index (χ1n) is 4.99. The van der Waals surface area contributed by atoms with Crippen molar-refractivity contribution in [2.24, 2.45) is 10.2 Å². The maximum Gasteiger partial charge on any atom is 0.169 e. The normalized spacial score (nSPS) is 10.4. The van der Waals surface area contributed by atoms with E-state index in [0.29, 0.717) is 5.02 Å². The summed E-state index contributed by atoms with van der Waals surface area (Å²) in [5.74, 6) is -0.515. The van der Waals surface area contributed by atoms with Gasteiger partial charge in [0.25, 0.3) is 0 Å². The molecule has 7 heteroatoms. The molecule has 0 aliphatic carbocycles. The van der Waals surface area contributed by atoms with Crippen LogP contribution in [0.5, 0.6) is 17.2 Å². The molecule has 19 heavy (non-hydrogen) atoms. The predicted octanol–water partition coefficient (Wildman–Crippen LogP) is 3.87. The molecule has 0 aliphatic rings. The number of benzene rings is 2. The molecule has 0 atom stereocenters. The quantitative estimate of drug-likeness (QED) is 0.578. The van der Waals surface area contributed by atoms with Gasteiger partial charge in [0.2, 0.25) is 0 Å². The third-order valence-corrected chi connectivity index (χ3v) is 2.42. The van der Waals surface area contributed by atoms with Crippen molar-refractivity contribution in [2.45, 2.75) is 0 Å². The number of aromatic hydroxyl groups is 3. The van der Waals surface area contributed by atoms with Crippen LogP contribution in [0.25, 0.3) is 0 Å². The molecule has 2 aromatic carbocycles. The minimum absolute atomic E-state index is 0. The zero-order valence-electron chi connectivity index (χ0n) is 9.38. The van der Waals surface area contributed by atoms with Crippen molar-refractivity contribution < 1.29 is 32.4 Å². The van der Waals surface area contributed by atoms with E-state index >= 15 is 0 Å². The molecule has 0 saturated heterocycles. The third-order valence-electron chi connectivity index (χ3n) is 2.19. The monoisotopic (exact) mass is 327 g/mol. The van der Waals surface area contributed by atoms with Crippen LogP contribution in [-0.4, -0.2) is 15.3 Å². The Morgan fingerprint density at radius 2 is 1.47 bits per heavy atom. The molecule has 1 radical (unpaired) electrons. The van der Waals surface area contributed by atoms with Crippen molar-refractivity contribution in [3.63, 3.8) is 0 Å². The first kappa shape index (κ1) is 15.3. The molecule has 0 heterocycles. The van der Waals surface area contributed by atoms with E-state index in [1.807, 2.05) is 0 Å². The molecule has 2 aromatic rings. The van der Waals surface area contributed by atoms with Gasteiger partial charge >= 0.3 is 0 Å². The van der Waals surface area contributed by atoms with Crippen LogP contribution in [-0.2, 0) is 17.1 Å². The van der Waals surface area contributed by atoms with Gasteiger partial charge in [-0.25, -0.2) is 0 Å². The predicted molar refractivity (Wildman–Crippen MR) is 67.1 cm³/mol. The van der Waals surface area contributed by atoms with Crippen molar-refractivity contribution in [3.05, 3.63) is 41.4 Å². The van der Waals surface area contributed by atoms with Crippen LogP contribution in [0.15, 0.2) is 46.6 Å². The average molecular weight is 328 g/mol. The van der Waals surface area contributed by atoms with Crippen molar-refractivity contribution in [1.82, 2.24) is 0 Å². The molecule has 0 spiro atoms. The number of phenolic OH excluding ortho intramolecular Hbond substituents is 3. The van der Waals surface area contributed by atoms with Gasteiger partial charge in [0.05, 0.1) is 0 Å². The van der Waals surface area contributed by atoms with E-state index in [-0.39, 0.29) is 45.7 Å². The second kappa shape index (κ2) is 6.43. The Labute approximate surface area is 124 Å². The maximum atomic E-state index is 9.51. The van der Waals surface area contributed by atoms with Crippen LogP contribution < -0.4 is 0 Å². The molecule has 0 amide bonds. The topological polar surface area (TPSA) is 85.4 Å². The van der Waals surface area contributed by atoms with Gasteiger partial charge in [0, 0.05) is 22.1 Å². The number of hydrogen-bond donors (Lipinski definition) is 3. The van der Waals surface area contributed by atoms with E-state index < -0.39 is 0 Å². The Morgan fingerprint density at radius 3 is 2.11 bits per heavy atom. The van der Waals surface area contributed by atoms with Gasteiger partial charge in [0.1, 0.15) is 22.9 Å². The Morgan fingerprint density at radius 1 is 0.842 bits per heavy atom. The second-order valence-corrected chi connectivity index (χ2v) is 3.91. The summed E-state index contributed by atoms with van der Waals surface area (Å²) < 4.78 is 0. The number of halogens is 1. The smallest absolute Gasteiger partial charge is 0.169 e. The summed E-state index contributed by atoms with van der Waals surface area (Å²) in [5, 5.41) is 36.3. The third kappa shape index (κ3) is 3.61. The molecule has 0 unspecified atom stereocenters. The molecule has 0 bridgehead atoms. The first-order chi connectivity index (χ1) is 8.58. The van der Waals surface area contributed by atoms with Crippen LogP contribution in [0.2, 0.25) is 5.02 Å². The molecule has 2 rings (SSSR count). The fraction of sp³-hybridized carbons (Fsp3) is 0. The molecule has 3 N–H and O–H groups in total. The van der Waals surface area contributed by atoms with Gasteiger partial charge in [0.15, 0.2) is 5.69 Å². The van der Waals surface area contributed by atoms with Crippen molar-refractivity contribution >= 4 is 23.0 Å². The number of azo groups is 1. The fourth-order valence-electron chi connectivity index (χ4n) is 1.30. The van der Waals surface area contributed by atoms with E-state index in [4.69, 9.17) is 11.6 Å². The van der Waals surface area contributed by atoms with Crippen molar-refractivity contribution in [2.75, 3.05) is 0 Å². The molecule has 103 valence electrons. The molecule has 0 saturated carbocycles. The van der Waals surface area contributed by atoms with E-state index in [9.17, 15) is 15.3 Å². The second-order valence-electron chi connectivity index (χ2n) is 3.48. The van der Waals surface area contributed by atoms with Gasteiger partial charge in [-0.15, -0.1) is 10.2 Å². The zero-order valence-corrected chi connectivity index (χ0v) is 11.1. The minimum Gasteiger partial charge on any atom is -0.506 e. The summed E-state index contributed by atoms with van der Waals surface area (Å²) in [6.45, 7) is 0. The Kier molecular flexibility index (Phi) is 5.18. The van der Waals surface area contributed by atoms with Gasteiger partial charge < -0.3 is 15.3 Å². The van der Waals surface area contributed by atoms with E-state index in [0.717, 1.165) is 0 Å². The molecular weight excluding hydrogens is 319 g/mol. The summed E-state index contributed by atoms with van der Waals surface area (Å²) in [7, 11) is 0. The van der Waals surface area contributed by atoms with Gasteiger partial charge in [-0.3, -0.25) is 0 Å². The van der Waals surface area contributed by atoms with Crippen LogP contribution in [0.3, 0.4) is 0 Å². The Bertz CT molecular complexity index is 600. The molecule has 0 fully saturated rings. The van der Waals surface area contributed by atoms with E-state index in [1.165, 1.54) is 36.4 Å². The zero-order chi connectivity index (χ0) is 13.1. The molecular formula is C12H9ClCuN2O3. The largest absolute Gasteiger partial charge is 0.506 e. The van der Waals surface area contributed by atoms with Crippen molar-refractivity contribution in [1.29, 1.82) is 0 Å². The standard InChI is InChI=1S/C12H9ClN2O3.Cu/c13-7-4-5-9(16)8(6-7)14-15-12-10(17)2-1-3-11(12)18;/h1-6,16-18H;. The van der Waals surface area contributed by atoms with E-state index in [2.05, 4.69) is 10.2 Å². The fourth-order valence-corrected chi connectivity index (χ4v) is 1.47. The molecule has 5 nitrogen and oxygen atoms in total. The van der Waals surface area contributed by atoms with Crippen LogP contribution >= 0.6 is 11.6 Å². The summed E-state index contributed by atoms with van der Waals surface area (Å²) in [6.07, 6.45) is 0. The number of nitrogens with zero attached hydrogens (tertiary/aromatic N) is 2. The number of hydrogen-bond acceptors (Lipinski definition) is 5. The minimum atomic E-state index is -0.208. The first-order valence-corrected chi connectivity index (χ1v) is 5.37. The van der Waals surface area contributed by atoms with Gasteiger partial charge in [-0.1, -0.05) is 17.7 Å². The van der Waals surface area contributed by atoms with Crippen molar-refractivity contribution in [3.8, 4) is 17.2 Å². The number of phenols is 3. The SMILES string of the molecule is Oc1ccc(Cl)cc1N=Nc1c(O)cccc1O.[Cu]. The Balaban J connectivity index is 0.00000180. The van der Waals surface area contributed by atoms with Gasteiger partial charge in [-0.05, 0) is 30.3 Å². The average Bonchev–Trinajstić information content (AvgIpc) is 2.33. The van der Waals surface area contributed by atoms with Crippen LogP contribution in [0.4, 0.5) is 11.4 Å². The molecule has 0 aromatic heterocycles. The maximum absolute atomic E-state index is 9.51. The van der Waals surface area contributed by atoms with Gasteiger partial charge in [-0.2, -0.15) is 0 Å². The summed E-state index contributed by atoms with van der Waals surface area (Å²) in [4.78, 5) is 0. The van der Waals surface area contributed by atoms with Crippen LogP contribution in [0, 0.1) is 0 Å². The summed E-state index contributed by atoms with van der Waals surface area (Å²) in [6, 6.07) is 8.50. The molecule has 0 aliphatic heterocycles. The van der Waals surface area contributed by atoms with Crippen LogP contribution in [0.1, 0.15) is 0 Å². The number of rotatable bonds is 2. The summed E-state index contributed by atoms with van der Waals surface area (Å²) in [5.41, 5.74) is 0.0713. The summed E-state index contributed by atoms with van der Waals surface area (Å²) >= 11 is 5.75. The Hall–Kier alpha value is -1.75.